The Hall–Kier alpha value is -0.860. The van der Waals surface area contributed by atoms with Gasteiger partial charge in [-0.05, 0) is 6.42 Å². The minimum absolute atomic E-state index is 0.398. The molecule has 0 aromatic carbocycles. The molecule has 1 amide bonds. The lowest BCUT2D eigenvalue weighted by Crippen LogP contribution is -2.29. The predicted molar refractivity (Wildman–Crippen MR) is 94.0 cm³/mol. The Kier molecular flexibility index (Phi) is 15.9. The maximum absolute atomic E-state index is 11.0. The molecule has 130 valence electrons. The van der Waals surface area contributed by atoms with Gasteiger partial charge in [0.1, 0.15) is 0 Å². The van der Waals surface area contributed by atoms with Crippen molar-refractivity contribution in [3.05, 3.63) is 0 Å². The molecule has 0 heterocycles. The fourth-order valence-electron chi connectivity index (χ4n) is 2.65. The van der Waals surface area contributed by atoms with Crippen LogP contribution in [-0.2, 0) is 9.59 Å². The summed E-state index contributed by atoms with van der Waals surface area (Å²) < 4.78 is 0. The van der Waals surface area contributed by atoms with Crippen molar-refractivity contribution >= 4 is 11.7 Å². The number of ketones is 1. The van der Waals surface area contributed by atoms with Crippen molar-refractivity contribution in [2.24, 2.45) is 0 Å². The summed E-state index contributed by atoms with van der Waals surface area (Å²) >= 11 is 0. The van der Waals surface area contributed by atoms with Crippen LogP contribution in [-0.4, -0.2) is 18.2 Å². The molecular weight excluding hydrogens is 274 g/mol. The lowest BCUT2D eigenvalue weighted by Gasteiger charge is -2.04. The highest BCUT2D eigenvalue weighted by Gasteiger charge is 2.04. The summed E-state index contributed by atoms with van der Waals surface area (Å²) in [6.45, 7) is 4.21. The molecule has 0 rings (SSSR count). The molecule has 0 aliphatic carbocycles. The number of hydrogen-bond donors (Lipinski definition) is 1. The molecule has 0 radical (unpaired) electrons. The summed E-state index contributed by atoms with van der Waals surface area (Å²) in [6.07, 6.45) is 18.6. The van der Waals surface area contributed by atoms with E-state index >= 15 is 0 Å². The molecule has 0 unspecified atom stereocenters. The third-order valence-electron chi connectivity index (χ3n) is 4.14. The van der Waals surface area contributed by atoms with E-state index in [2.05, 4.69) is 12.2 Å². The molecular formula is C19H37NO2. The van der Waals surface area contributed by atoms with Crippen LogP contribution in [0.4, 0.5) is 0 Å². The van der Waals surface area contributed by atoms with E-state index in [1.807, 2.05) is 0 Å². The minimum atomic E-state index is -0.449. The second kappa shape index (κ2) is 16.5. The Morgan fingerprint density at radius 2 is 1.00 bits per heavy atom. The van der Waals surface area contributed by atoms with E-state index in [4.69, 9.17) is 0 Å². The van der Waals surface area contributed by atoms with Gasteiger partial charge >= 0.3 is 0 Å². The minimum Gasteiger partial charge on any atom is -0.350 e. The maximum atomic E-state index is 11.0. The first-order valence-electron chi connectivity index (χ1n) is 9.47. The number of nitrogens with one attached hydrogen (secondary N) is 1. The summed E-state index contributed by atoms with van der Waals surface area (Å²) in [6, 6.07) is 0. The van der Waals surface area contributed by atoms with Gasteiger partial charge in [-0.15, -0.1) is 0 Å². The van der Waals surface area contributed by atoms with Crippen LogP contribution in [0.25, 0.3) is 0 Å². The SMILES string of the molecule is CCCCCCCCCCCCCCCCNC(=O)C(C)=O. The van der Waals surface area contributed by atoms with Crippen molar-refractivity contribution in [2.75, 3.05) is 6.54 Å². The smallest absolute Gasteiger partial charge is 0.287 e. The largest absolute Gasteiger partial charge is 0.350 e. The van der Waals surface area contributed by atoms with Gasteiger partial charge in [0, 0.05) is 13.5 Å². The predicted octanol–water partition coefficient (Wildman–Crippen LogP) is 5.17. The summed E-state index contributed by atoms with van der Waals surface area (Å²) in [5.74, 6) is -0.847. The molecule has 0 aromatic rings. The fraction of sp³-hybridized carbons (Fsp3) is 0.895. The Morgan fingerprint density at radius 3 is 1.36 bits per heavy atom. The van der Waals surface area contributed by atoms with Gasteiger partial charge in [0.2, 0.25) is 5.78 Å². The van der Waals surface area contributed by atoms with Crippen LogP contribution in [0.15, 0.2) is 0 Å². The van der Waals surface area contributed by atoms with E-state index in [1.54, 1.807) is 0 Å². The second-order valence-electron chi connectivity index (χ2n) is 6.41. The van der Waals surface area contributed by atoms with Gasteiger partial charge in [0.25, 0.3) is 5.91 Å². The number of Topliss-reactive ketones (excluding diaryl/α,β-unsaturated/α-hetero) is 1. The molecule has 0 aromatic heterocycles. The van der Waals surface area contributed by atoms with Crippen molar-refractivity contribution in [3.8, 4) is 0 Å². The third-order valence-corrected chi connectivity index (χ3v) is 4.14. The lowest BCUT2D eigenvalue weighted by molar-refractivity contribution is -0.136. The Morgan fingerprint density at radius 1 is 0.636 bits per heavy atom. The van der Waals surface area contributed by atoms with Crippen LogP contribution < -0.4 is 5.32 Å². The Balaban J connectivity index is 3.05. The van der Waals surface area contributed by atoms with Crippen LogP contribution in [0, 0.1) is 0 Å². The molecule has 0 aliphatic heterocycles. The molecule has 3 heteroatoms. The molecule has 1 N–H and O–H groups in total. The fourth-order valence-corrected chi connectivity index (χ4v) is 2.65. The van der Waals surface area contributed by atoms with Gasteiger partial charge in [-0.2, -0.15) is 0 Å². The monoisotopic (exact) mass is 311 g/mol. The molecule has 0 spiro atoms. The summed E-state index contributed by atoms with van der Waals surface area (Å²) in [5, 5.41) is 2.64. The molecule has 0 atom stereocenters. The van der Waals surface area contributed by atoms with Gasteiger partial charge in [-0.3, -0.25) is 9.59 Å². The van der Waals surface area contributed by atoms with Crippen molar-refractivity contribution in [1.82, 2.24) is 5.32 Å². The van der Waals surface area contributed by atoms with Crippen LogP contribution in [0.5, 0.6) is 0 Å². The van der Waals surface area contributed by atoms with Crippen LogP contribution in [0.2, 0.25) is 0 Å². The van der Waals surface area contributed by atoms with E-state index in [1.165, 1.54) is 84.0 Å². The van der Waals surface area contributed by atoms with E-state index in [9.17, 15) is 9.59 Å². The number of rotatable bonds is 16. The molecule has 0 fully saturated rings. The number of unbranched alkanes of at least 4 members (excludes halogenated alkanes) is 13. The van der Waals surface area contributed by atoms with Gasteiger partial charge in [-0.25, -0.2) is 0 Å². The van der Waals surface area contributed by atoms with Crippen molar-refractivity contribution in [3.63, 3.8) is 0 Å². The highest BCUT2D eigenvalue weighted by Crippen LogP contribution is 2.12. The Labute approximate surface area is 137 Å². The zero-order valence-electron chi connectivity index (χ0n) is 14.9. The first-order valence-corrected chi connectivity index (χ1v) is 9.47. The summed E-state index contributed by atoms with van der Waals surface area (Å²) in [7, 11) is 0. The highest BCUT2D eigenvalue weighted by molar-refractivity contribution is 6.35. The molecule has 0 bridgehead atoms. The van der Waals surface area contributed by atoms with E-state index in [-0.39, 0.29) is 0 Å². The van der Waals surface area contributed by atoms with E-state index < -0.39 is 11.7 Å². The normalized spacial score (nSPS) is 10.6. The summed E-state index contributed by atoms with van der Waals surface area (Å²) in [5.41, 5.74) is 0. The van der Waals surface area contributed by atoms with Crippen LogP contribution in [0.3, 0.4) is 0 Å². The number of carbonyl (C=O) groups excluding carboxylic acids is 2. The van der Waals surface area contributed by atoms with Gasteiger partial charge < -0.3 is 5.32 Å². The van der Waals surface area contributed by atoms with Crippen LogP contribution in [0.1, 0.15) is 104 Å². The number of hydrogen-bond acceptors (Lipinski definition) is 2. The number of amides is 1. The van der Waals surface area contributed by atoms with Gasteiger partial charge in [0.15, 0.2) is 0 Å². The first-order chi connectivity index (χ1) is 10.7. The molecule has 22 heavy (non-hydrogen) atoms. The van der Waals surface area contributed by atoms with Crippen molar-refractivity contribution in [2.45, 2.75) is 104 Å². The molecule has 0 saturated heterocycles. The first kappa shape index (κ1) is 21.1. The van der Waals surface area contributed by atoms with Crippen LogP contribution >= 0.6 is 0 Å². The standard InChI is InChI=1S/C19H37NO2/c1-3-4-5-6-7-8-9-10-11-12-13-14-15-16-17-20-19(22)18(2)21/h3-17H2,1-2H3,(H,20,22). The average Bonchev–Trinajstić information content (AvgIpc) is 2.50. The zero-order chi connectivity index (χ0) is 16.5. The van der Waals surface area contributed by atoms with E-state index in [0.717, 1.165) is 12.8 Å². The topological polar surface area (TPSA) is 46.2 Å². The highest BCUT2D eigenvalue weighted by atomic mass is 16.2. The molecule has 0 saturated carbocycles. The maximum Gasteiger partial charge on any atom is 0.287 e. The third kappa shape index (κ3) is 15.5. The van der Waals surface area contributed by atoms with Crippen molar-refractivity contribution < 1.29 is 9.59 Å². The van der Waals surface area contributed by atoms with E-state index in [0.29, 0.717) is 6.54 Å². The molecule has 3 nitrogen and oxygen atoms in total. The van der Waals surface area contributed by atoms with Gasteiger partial charge in [-0.1, -0.05) is 90.4 Å². The molecule has 0 aliphatic rings. The second-order valence-corrected chi connectivity index (χ2v) is 6.41. The van der Waals surface area contributed by atoms with Gasteiger partial charge in [0.05, 0.1) is 0 Å². The lowest BCUT2D eigenvalue weighted by atomic mass is 10.0. The van der Waals surface area contributed by atoms with Crippen molar-refractivity contribution in [1.29, 1.82) is 0 Å². The summed E-state index contributed by atoms with van der Waals surface area (Å²) in [4.78, 5) is 21.7. The Bertz CT molecular complexity index is 277. The quantitative estimate of drug-likeness (QED) is 0.315. The average molecular weight is 312 g/mol. The zero-order valence-corrected chi connectivity index (χ0v) is 14.9. The number of carbonyl (C=O) groups is 2.